The number of nitrogens with one attached hydrogen (secondary N) is 2. The number of urea groups is 1. The molecule has 0 radical (unpaired) electrons. The molecular weight excluding hydrogens is 388 g/mol. The number of likely N-dealkylation sites (tertiary alicyclic amines) is 2. The predicted octanol–water partition coefficient (Wildman–Crippen LogP) is 3.97. The quantitative estimate of drug-likeness (QED) is 0.656. The molecule has 0 bridgehead atoms. The van der Waals surface area contributed by atoms with Gasteiger partial charge in [-0.3, -0.25) is 4.79 Å². The van der Waals surface area contributed by atoms with Crippen LogP contribution in [0.5, 0.6) is 0 Å². The van der Waals surface area contributed by atoms with Crippen molar-refractivity contribution in [2.45, 2.75) is 44.9 Å². The molecule has 2 N–H and O–H groups in total. The minimum Gasteiger partial charge on any atom is -0.356 e. The van der Waals surface area contributed by atoms with E-state index in [0.29, 0.717) is 36.1 Å². The molecule has 6 nitrogen and oxygen atoms in total. The van der Waals surface area contributed by atoms with Crippen molar-refractivity contribution >= 4 is 29.2 Å². The van der Waals surface area contributed by atoms with Gasteiger partial charge in [0.15, 0.2) is 0 Å². The second-order valence-electron chi connectivity index (χ2n) is 8.18. The fourth-order valence-electron chi connectivity index (χ4n) is 4.16. The first kappa shape index (κ1) is 21.9. The van der Waals surface area contributed by atoms with Crippen molar-refractivity contribution in [3.8, 4) is 0 Å². The van der Waals surface area contributed by atoms with Crippen LogP contribution in [0, 0.1) is 5.92 Å². The van der Waals surface area contributed by atoms with Gasteiger partial charge in [0.1, 0.15) is 0 Å². The lowest BCUT2D eigenvalue weighted by molar-refractivity contribution is -0.122. The summed E-state index contributed by atoms with van der Waals surface area (Å²) in [5, 5.41) is 6.56. The number of hydrogen-bond acceptors (Lipinski definition) is 3. The van der Waals surface area contributed by atoms with E-state index in [4.69, 9.17) is 11.6 Å². The fourth-order valence-corrected chi connectivity index (χ4v) is 4.35. The standard InChI is InChI=1S/C22H33ClN4O2/c23-19-6-4-7-20(17-19)25-22(29)27-14-8-18(9-15-27)16-21(28)24-10-5-13-26-11-2-1-3-12-26/h4,6-7,17-18H,1-3,5,8-16H2,(H,24,28)(H,25,29). The second kappa shape index (κ2) is 11.4. The average Bonchev–Trinajstić information content (AvgIpc) is 2.72. The molecule has 160 valence electrons. The van der Waals surface area contributed by atoms with Gasteiger partial charge in [0.2, 0.25) is 5.91 Å². The molecule has 2 aliphatic heterocycles. The zero-order chi connectivity index (χ0) is 20.5. The third-order valence-corrected chi connectivity index (χ3v) is 6.11. The lowest BCUT2D eigenvalue weighted by atomic mass is 9.93. The lowest BCUT2D eigenvalue weighted by Gasteiger charge is -2.31. The molecule has 0 aromatic heterocycles. The Bertz CT molecular complexity index is 671. The first-order chi connectivity index (χ1) is 14.1. The molecule has 1 aromatic carbocycles. The summed E-state index contributed by atoms with van der Waals surface area (Å²) < 4.78 is 0. The van der Waals surface area contributed by atoms with Crippen LogP contribution in [0.1, 0.15) is 44.9 Å². The van der Waals surface area contributed by atoms with E-state index in [-0.39, 0.29) is 11.9 Å². The Kier molecular flexibility index (Phi) is 8.62. The average molecular weight is 421 g/mol. The topological polar surface area (TPSA) is 64.7 Å². The number of benzene rings is 1. The van der Waals surface area contributed by atoms with Crippen LogP contribution in [0.3, 0.4) is 0 Å². The van der Waals surface area contributed by atoms with Crippen LogP contribution >= 0.6 is 11.6 Å². The van der Waals surface area contributed by atoms with E-state index in [2.05, 4.69) is 15.5 Å². The van der Waals surface area contributed by atoms with E-state index < -0.39 is 0 Å². The molecule has 2 fully saturated rings. The zero-order valence-electron chi connectivity index (χ0n) is 17.2. The molecule has 0 spiro atoms. The molecule has 29 heavy (non-hydrogen) atoms. The van der Waals surface area contributed by atoms with Crippen molar-refractivity contribution < 1.29 is 9.59 Å². The zero-order valence-corrected chi connectivity index (χ0v) is 17.9. The van der Waals surface area contributed by atoms with Crippen LogP contribution in [0.4, 0.5) is 10.5 Å². The number of nitrogens with zero attached hydrogens (tertiary/aromatic N) is 2. The van der Waals surface area contributed by atoms with Gasteiger partial charge in [-0.15, -0.1) is 0 Å². The number of halogens is 1. The third kappa shape index (κ3) is 7.52. The highest BCUT2D eigenvalue weighted by atomic mass is 35.5. The normalized spacial score (nSPS) is 18.4. The number of amides is 3. The van der Waals surface area contributed by atoms with E-state index in [1.165, 1.54) is 32.4 Å². The summed E-state index contributed by atoms with van der Waals surface area (Å²) >= 11 is 5.96. The van der Waals surface area contributed by atoms with Crippen LogP contribution < -0.4 is 10.6 Å². The number of anilines is 1. The Balaban J connectivity index is 1.28. The van der Waals surface area contributed by atoms with Gasteiger partial charge in [0.05, 0.1) is 0 Å². The summed E-state index contributed by atoms with van der Waals surface area (Å²) in [6, 6.07) is 7.05. The summed E-state index contributed by atoms with van der Waals surface area (Å²) in [6.45, 7) is 5.62. The van der Waals surface area contributed by atoms with E-state index in [1.54, 1.807) is 12.1 Å². The van der Waals surface area contributed by atoms with E-state index in [9.17, 15) is 9.59 Å². The van der Waals surface area contributed by atoms with Crippen molar-refractivity contribution in [2.75, 3.05) is 44.6 Å². The van der Waals surface area contributed by atoms with Crippen molar-refractivity contribution in [3.05, 3.63) is 29.3 Å². The van der Waals surface area contributed by atoms with Gasteiger partial charge in [-0.2, -0.15) is 0 Å². The summed E-state index contributed by atoms with van der Waals surface area (Å²) in [6.07, 6.45) is 7.29. The largest absolute Gasteiger partial charge is 0.356 e. The van der Waals surface area contributed by atoms with Gasteiger partial charge in [0, 0.05) is 36.8 Å². The molecule has 0 saturated carbocycles. The van der Waals surface area contributed by atoms with E-state index in [1.807, 2.05) is 17.0 Å². The maximum Gasteiger partial charge on any atom is 0.321 e. The molecular formula is C22H33ClN4O2. The van der Waals surface area contributed by atoms with Gasteiger partial charge in [-0.05, 0) is 75.9 Å². The Morgan fingerprint density at radius 2 is 1.83 bits per heavy atom. The number of carbonyl (C=O) groups excluding carboxylic acids is 2. The Morgan fingerprint density at radius 1 is 1.07 bits per heavy atom. The van der Waals surface area contributed by atoms with E-state index in [0.717, 1.165) is 32.4 Å². The number of piperidine rings is 2. The Hall–Kier alpha value is -1.79. The summed E-state index contributed by atoms with van der Waals surface area (Å²) in [4.78, 5) is 28.9. The molecule has 3 rings (SSSR count). The minimum atomic E-state index is -0.104. The van der Waals surface area contributed by atoms with Crippen molar-refractivity contribution in [2.24, 2.45) is 5.92 Å². The molecule has 0 aliphatic carbocycles. The minimum absolute atomic E-state index is 0.104. The summed E-state index contributed by atoms with van der Waals surface area (Å²) in [5.74, 6) is 0.498. The number of carbonyl (C=O) groups is 2. The molecule has 2 aliphatic rings. The third-order valence-electron chi connectivity index (χ3n) is 5.87. The second-order valence-corrected chi connectivity index (χ2v) is 8.62. The smallest absolute Gasteiger partial charge is 0.321 e. The number of hydrogen-bond donors (Lipinski definition) is 2. The maximum absolute atomic E-state index is 12.4. The molecule has 2 saturated heterocycles. The summed E-state index contributed by atoms with van der Waals surface area (Å²) in [7, 11) is 0. The van der Waals surface area contributed by atoms with Gasteiger partial charge < -0.3 is 20.4 Å². The van der Waals surface area contributed by atoms with Crippen LogP contribution in [-0.2, 0) is 4.79 Å². The van der Waals surface area contributed by atoms with Crippen LogP contribution in [-0.4, -0.2) is 61.0 Å². The first-order valence-corrected chi connectivity index (χ1v) is 11.3. The number of rotatable bonds is 7. The molecule has 0 unspecified atom stereocenters. The molecule has 7 heteroatoms. The van der Waals surface area contributed by atoms with Crippen molar-refractivity contribution in [3.63, 3.8) is 0 Å². The van der Waals surface area contributed by atoms with Gasteiger partial charge in [-0.1, -0.05) is 24.1 Å². The van der Waals surface area contributed by atoms with Crippen molar-refractivity contribution in [1.82, 2.24) is 15.1 Å². The van der Waals surface area contributed by atoms with Gasteiger partial charge >= 0.3 is 6.03 Å². The highest BCUT2D eigenvalue weighted by Crippen LogP contribution is 2.22. The first-order valence-electron chi connectivity index (χ1n) is 10.9. The maximum atomic E-state index is 12.4. The highest BCUT2D eigenvalue weighted by molar-refractivity contribution is 6.30. The monoisotopic (exact) mass is 420 g/mol. The van der Waals surface area contributed by atoms with Crippen molar-refractivity contribution in [1.29, 1.82) is 0 Å². The SMILES string of the molecule is O=C(CC1CCN(C(=O)Nc2cccc(Cl)c2)CC1)NCCCN1CCCCC1. The molecule has 3 amide bonds. The van der Waals surface area contributed by atoms with Crippen LogP contribution in [0.2, 0.25) is 5.02 Å². The highest BCUT2D eigenvalue weighted by Gasteiger charge is 2.24. The summed E-state index contributed by atoms with van der Waals surface area (Å²) in [5.41, 5.74) is 0.702. The van der Waals surface area contributed by atoms with Crippen LogP contribution in [0.25, 0.3) is 0 Å². The molecule has 1 aromatic rings. The van der Waals surface area contributed by atoms with Gasteiger partial charge in [-0.25, -0.2) is 4.79 Å². The molecule has 2 heterocycles. The Morgan fingerprint density at radius 3 is 2.55 bits per heavy atom. The Labute approximate surface area is 179 Å². The van der Waals surface area contributed by atoms with Crippen LogP contribution in [0.15, 0.2) is 24.3 Å². The van der Waals surface area contributed by atoms with E-state index >= 15 is 0 Å². The van der Waals surface area contributed by atoms with Gasteiger partial charge in [0.25, 0.3) is 0 Å². The lowest BCUT2D eigenvalue weighted by Crippen LogP contribution is -2.42. The fraction of sp³-hybridized carbons (Fsp3) is 0.636. The predicted molar refractivity (Wildman–Crippen MR) is 117 cm³/mol. The molecule has 0 atom stereocenters.